The fourth-order valence-corrected chi connectivity index (χ4v) is 2.21. The Bertz CT molecular complexity index is 875. The molecule has 2 aromatic heterocycles. The first-order chi connectivity index (χ1) is 13.2. The van der Waals surface area contributed by atoms with Crippen LogP contribution < -0.4 is 15.4 Å². The van der Waals surface area contributed by atoms with Crippen molar-refractivity contribution in [1.29, 1.82) is 0 Å². The van der Waals surface area contributed by atoms with Gasteiger partial charge in [0, 0.05) is 44.2 Å². The molecule has 3 rings (SSSR count). The normalized spacial score (nSPS) is 10.3. The lowest BCUT2D eigenvalue weighted by Crippen LogP contribution is -2.25. The van der Waals surface area contributed by atoms with Crippen molar-refractivity contribution in [3.63, 3.8) is 0 Å². The largest absolute Gasteiger partial charge is 0.439 e. The molecule has 0 aliphatic heterocycles. The number of rotatable bonds is 8. The van der Waals surface area contributed by atoms with E-state index in [0.717, 1.165) is 5.56 Å². The average molecular weight is 367 g/mol. The molecule has 0 spiro atoms. The SMILES string of the molecule is O=C(CCNc1ncccn1)NCc1ccnc(Oc2ccc(F)cc2)c1. The molecule has 1 amide bonds. The first kappa shape index (κ1) is 18.2. The number of halogens is 1. The van der Waals surface area contributed by atoms with Gasteiger partial charge in [-0.15, -0.1) is 0 Å². The van der Waals surface area contributed by atoms with Crippen LogP contribution in [0.4, 0.5) is 10.3 Å². The highest BCUT2D eigenvalue weighted by molar-refractivity contribution is 5.76. The van der Waals surface area contributed by atoms with Gasteiger partial charge >= 0.3 is 0 Å². The highest BCUT2D eigenvalue weighted by Gasteiger charge is 2.04. The summed E-state index contributed by atoms with van der Waals surface area (Å²) in [6, 6.07) is 10.9. The monoisotopic (exact) mass is 367 g/mol. The Kier molecular flexibility index (Phi) is 6.24. The topological polar surface area (TPSA) is 89.0 Å². The molecule has 0 aliphatic rings. The fraction of sp³-hybridized carbons (Fsp3) is 0.158. The van der Waals surface area contributed by atoms with E-state index in [2.05, 4.69) is 25.6 Å². The number of pyridine rings is 1. The van der Waals surface area contributed by atoms with E-state index in [1.54, 1.807) is 36.8 Å². The zero-order chi connectivity index (χ0) is 18.9. The van der Waals surface area contributed by atoms with Gasteiger partial charge in [-0.05, 0) is 42.0 Å². The van der Waals surface area contributed by atoms with E-state index in [4.69, 9.17) is 4.74 Å². The number of amides is 1. The molecule has 2 N–H and O–H groups in total. The van der Waals surface area contributed by atoms with Crippen molar-refractivity contribution in [2.24, 2.45) is 0 Å². The summed E-state index contributed by atoms with van der Waals surface area (Å²) >= 11 is 0. The van der Waals surface area contributed by atoms with Crippen LogP contribution in [0.3, 0.4) is 0 Å². The van der Waals surface area contributed by atoms with Gasteiger partial charge in [0.05, 0.1) is 0 Å². The van der Waals surface area contributed by atoms with Gasteiger partial charge in [-0.25, -0.2) is 19.3 Å². The number of aromatic nitrogens is 3. The van der Waals surface area contributed by atoms with E-state index in [-0.39, 0.29) is 11.7 Å². The summed E-state index contributed by atoms with van der Waals surface area (Å²) in [6.45, 7) is 0.786. The molecule has 8 heteroatoms. The Hall–Kier alpha value is -3.55. The molecule has 0 saturated heterocycles. The molecule has 7 nitrogen and oxygen atoms in total. The molecule has 2 heterocycles. The van der Waals surface area contributed by atoms with Crippen LogP contribution in [0.5, 0.6) is 11.6 Å². The third kappa shape index (κ3) is 6.03. The summed E-state index contributed by atoms with van der Waals surface area (Å²) in [5.41, 5.74) is 0.842. The average Bonchev–Trinajstić information content (AvgIpc) is 2.69. The number of carbonyl (C=O) groups excluding carboxylic acids is 1. The molecule has 27 heavy (non-hydrogen) atoms. The Balaban J connectivity index is 1.45. The molecule has 0 radical (unpaired) electrons. The number of benzene rings is 1. The lowest BCUT2D eigenvalue weighted by molar-refractivity contribution is -0.121. The number of hydrogen-bond acceptors (Lipinski definition) is 6. The molecule has 0 atom stereocenters. The van der Waals surface area contributed by atoms with Crippen LogP contribution in [0.1, 0.15) is 12.0 Å². The van der Waals surface area contributed by atoms with E-state index in [1.807, 2.05) is 0 Å². The van der Waals surface area contributed by atoms with Crippen LogP contribution in [0.25, 0.3) is 0 Å². The second-order valence-electron chi connectivity index (χ2n) is 5.58. The second kappa shape index (κ2) is 9.23. The molecule has 0 saturated carbocycles. The Morgan fingerprint density at radius 2 is 1.81 bits per heavy atom. The predicted molar refractivity (Wildman–Crippen MR) is 97.7 cm³/mol. The third-order valence-corrected chi connectivity index (χ3v) is 3.53. The summed E-state index contributed by atoms with van der Waals surface area (Å²) in [5, 5.41) is 5.81. The minimum atomic E-state index is -0.333. The molecule has 138 valence electrons. The number of hydrogen-bond donors (Lipinski definition) is 2. The summed E-state index contributed by atoms with van der Waals surface area (Å²) in [4.78, 5) is 24.1. The maximum atomic E-state index is 12.9. The van der Waals surface area contributed by atoms with Crippen molar-refractivity contribution in [3.05, 3.63) is 72.4 Å². The van der Waals surface area contributed by atoms with Crippen LogP contribution in [0.15, 0.2) is 61.1 Å². The zero-order valence-electron chi connectivity index (χ0n) is 14.4. The van der Waals surface area contributed by atoms with Crippen molar-refractivity contribution in [1.82, 2.24) is 20.3 Å². The van der Waals surface area contributed by atoms with Gasteiger partial charge in [0.25, 0.3) is 0 Å². The first-order valence-electron chi connectivity index (χ1n) is 8.35. The minimum Gasteiger partial charge on any atom is -0.439 e. The number of anilines is 1. The van der Waals surface area contributed by atoms with Crippen LogP contribution in [-0.2, 0) is 11.3 Å². The van der Waals surface area contributed by atoms with Crippen molar-refractivity contribution < 1.29 is 13.9 Å². The summed E-state index contributed by atoms with van der Waals surface area (Å²) in [7, 11) is 0. The smallest absolute Gasteiger partial charge is 0.222 e. The maximum Gasteiger partial charge on any atom is 0.222 e. The highest BCUT2D eigenvalue weighted by Crippen LogP contribution is 2.20. The second-order valence-corrected chi connectivity index (χ2v) is 5.58. The lowest BCUT2D eigenvalue weighted by atomic mass is 10.2. The van der Waals surface area contributed by atoms with Crippen molar-refractivity contribution in [3.8, 4) is 11.6 Å². The molecule has 0 bridgehead atoms. The van der Waals surface area contributed by atoms with Crippen LogP contribution in [0, 0.1) is 5.82 Å². The molecule has 0 unspecified atom stereocenters. The van der Waals surface area contributed by atoms with Gasteiger partial charge in [0.2, 0.25) is 17.7 Å². The quantitative estimate of drug-likeness (QED) is 0.636. The molecule has 1 aromatic carbocycles. The predicted octanol–water partition coefficient (Wildman–Crippen LogP) is 2.92. The van der Waals surface area contributed by atoms with E-state index >= 15 is 0 Å². The van der Waals surface area contributed by atoms with Gasteiger partial charge in [-0.1, -0.05) is 0 Å². The molecular weight excluding hydrogens is 349 g/mol. The third-order valence-electron chi connectivity index (χ3n) is 3.53. The zero-order valence-corrected chi connectivity index (χ0v) is 14.4. The van der Waals surface area contributed by atoms with Gasteiger partial charge in [-0.3, -0.25) is 4.79 Å². The number of nitrogens with zero attached hydrogens (tertiary/aromatic N) is 3. The molecule has 3 aromatic rings. The molecule has 0 aliphatic carbocycles. The van der Waals surface area contributed by atoms with Crippen LogP contribution >= 0.6 is 0 Å². The van der Waals surface area contributed by atoms with E-state index < -0.39 is 0 Å². The van der Waals surface area contributed by atoms with E-state index in [0.29, 0.717) is 37.1 Å². The maximum absolute atomic E-state index is 12.9. The first-order valence-corrected chi connectivity index (χ1v) is 8.35. The minimum absolute atomic E-state index is 0.101. The fourth-order valence-electron chi connectivity index (χ4n) is 2.21. The van der Waals surface area contributed by atoms with Gasteiger partial charge in [0.1, 0.15) is 11.6 Å². The van der Waals surface area contributed by atoms with Crippen LogP contribution in [0.2, 0.25) is 0 Å². The van der Waals surface area contributed by atoms with Crippen molar-refractivity contribution in [2.75, 3.05) is 11.9 Å². The van der Waals surface area contributed by atoms with Gasteiger partial charge in [-0.2, -0.15) is 0 Å². The Morgan fingerprint density at radius 3 is 2.59 bits per heavy atom. The van der Waals surface area contributed by atoms with E-state index in [1.165, 1.54) is 24.3 Å². The van der Waals surface area contributed by atoms with Crippen molar-refractivity contribution in [2.45, 2.75) is 13.0 Å². The Morgan fingerprint density at radius 1 is 1.04 bits per heavy atom. The van der Waals surface area contributed by atoms with E-state index in [9.17, 15) is 9.18 Å². The summed E-state index contributed by atoms with van der Waals surface area (Å²) in [6.07, 6.45) is 5.14. The number of nitrogens with one attached hydrogen (secondary N) is 2. The lowest BCUT2D eigenvalue weighted by Gasteiger charge is -2.08. The number of carbonyl (C=O) groups is 1. The van der Waals surface area contributed by atoms with Crippen LogP contribution in [-0.4, -0.2) is 27.4 Å². The number of ether oxygens (including phenoxy) is 1. The van der Waals surface area contributed by atoms with Gasteiger partial charge < -0.3 is 15.4 Å². The van der Waals surface area contributed by atoms with Gasteiger partial charge in [0.15, 0.2) is 0 Å². The highest BCUT2D eigenvalue weighted by atomic mass is 19.1. The summed E-state index contributed by atoms with van der Waals surface area (Å²) < 4.78 is 18.5. The molecular formula is C19H18FN5O2. The molecule has 0 fully saturated rings. The standard InChI is InChI=1S/C19H18FN5O2/c20-15-2-4-16(5-3-15)27-18-12-14(6-10-21-18)13-25-17(26)7-11-24-19-22-8-1-9-23-19/h1-6,8-10,12H,7,11,13H2,(H,25,26)(H,22,23,24). The Labute approximate surface area is 155 Å². The van der Waals surface area contributed by atoms with Crippen molar-refractivity contribution >= 4 is 11.9 Å². The summed E-state index contributed by atoms with van der Waals surface area (Å²) in [5.74, 6) is 0.911.